The summed E-state index contributed by atoms with van der Waals surface area (Å²) in [5.41, 5.74) is 1.03. The van der Waals surface area contributed by atoms with Crippen LogP contribution in [0.3, 0.4) is 0 Å². The summed E-state index contributed by atoms with van der Waals surface area (Å²) in [6, 6.07) is 5.75. The van der Waals surface area contributed by atoms with Crippen LogP contribution in [0.15, 0.2) is 18.2 Å². The highest BCUT2D eigenvalue weighted by Gasteiger charge is 2.15. The number of rotatable bonds is 9. The predicted molar refractivity (Wildman–Crippen MR) is 78.3 cm³/mol. The normalized spacial score (nSPS) is 12.7. The molecule has 1 unspecified atom stereocenters. The molecule has 114 valence electrons. The number of nitrogens with zero attached hydrogens (tertiary/aromatic N) is 1. The Labute approximate surface area is 121 Å². The van der Waals surface area contributed by atoms with Crippen molar-refractivity contribution in [3.8, 4) is 11.5 Å². The zero-order chi connectivity index (χ0) is 15.0. The summed E-state index contributed by atoms with van der Waals surface area (Å²) >= 11 is 0. The minimum atomic E-state index is 0.163. The van der Waals surface area contributed by atoms with E-state index >= 15 is 0 Å². The van der Waals surface area contributed by atoms with Crippen molar-refractivity contribution >= 4 is 0 Å². The Morgan fingerprint density at radius 3 is 2.50 bits per heavy atom. The summed E-state index contributed by atoms with van der Waals surface area (Å²) < 4.78 is 15.4. The summed E-state index contributed by atoms with van der Waals surface area (Å²) in [6.07, 6.45) is 0. The summed E-state index contributed by atoms with van der Waals surface area (Å²) in [5, 5.41) is 9.83. The molecule has 0 fully saturated rings. The maximum atomic E-state index is 9.83. The van der Waals surface area contributed by atoms with E-state index in [1.54, 1.807) is 33.5 Å². The lowest BCUT2D eigenvalue weighted by atomic mass is 10.1. The Bertz CT molecular complexity index is 397. The zero-order valence-corrected chi connectivity index (χ0v) is 12.8. The standard InChI is InChI=1S/C15H25NO4/c1-12(11-19-3)16(7-8-18-2)10-13-5-6-15(20-4)14(17)9-13/h5-6,9,12,17H,7-8,10-11H2,1-4H3. The van der Waals surface area contributed by atoms with Crippen LogP contribution in [-0.2, 0) is 16.0 Å². The van der Waals surface area contributed by atoms with Crippen molar-refractivity contribution in [2.45, 2.75) is 19.5 Å². The van der Waals surface area contributed by atoms with Gasteiger partial charge in [-0.05, 0) is 24.6 Å². The van der Waals surface area contributed by atoms with Crippen molar-refractivity contribution in [1.82, 2.24) is 4.90 Å². The molecule has 1 aromatic carbocycles. The fourth-order valence-corrected chi connectivity index (χ4v) is 2.08. The number of phenolic OH excluding ortho intramolecular Hbond substituents is 1. The van der Waals surface area contributed by atoms with Gasteiger partial charge in [0.2, 0.25) is 0 Å². The molecule has 0 radical (unpaired) electrons. The Morgan fingerprint density at radius 2 is 1.95 bits per heavy atom. The first-order valence-electron chi connectivity index (χ1n) is 6.70. The van der Waals surface area contributed by atoms with Gasteiger partial charge in [-0.3, -0.25) is 4.90 Å². The number of aromatic hydroxyl groups is 1. The summed E-state index contributed by atoms with van der Waals surface area (Å²) in [4.78, 5) is 2.26. The van der Waals surface area contributed by atoms with Crippen molar-refractivity contribution < 1.29 is 19.3 Å². The molecule has 0 bridgehead atoms. The molecular weight excluding hydrogens is 258 g/mol. The predicted octanol–water partition coefficient (Wildman–Crippen LogP) is 1.88. The number of phenols is 1. The minimum Gasteiger partial charge on any atom is -0.504 e. The number of benzene rings is 1. The third kappa shape index (κ3) is 5.00. The molecule has 0 saturated heterocycles. The fraction of sp³-hybridized carbons (Fsp3) is 0.600. The lowest BCUT2D eigenvalue weighted by molar-refractivity contribution is 0.0704. The topological polar surface area (TPSA) is 51.2 Å². The highest BCUT2D eigenvalue weighted by molar-refractivity contribution is 5.41. The van der Waals surface area contributed by atoms with Gasteiger partial charge < -0.3 is 19.3 Å². The van der Waals surface area contributed by atoms with E-state index in [-0.39, 0.29) is 11.8 Å². The first kappa shape index (κ1) is 16.8. The van der Waals surface area contributed by atoms with Crippen LogP contribution in [-0.4, -0.2) is 57.1 Å². The third-order valence-corrected chi connectivity index (χ3v) is 3.24. The highest BCUT2D eigenvalue weighted by Crippen LogP contribution is 2.26. The van der Waals surface area contributed by atoms with Gasteiger partial charge in [-0.2, -0.15) is 0 Å². The van der Waals surface area contributed by atoms with E-state index in [2.05, 4.69) is 11.8 Å². The first-order chi connectivity index (χ1) is 9.62. The molecule has 5 heteroatoms. The van der Waals surface area contributed by atoms with E-state index in [1.165, 1.54) is 0 Å². The SMILES string of the molecule is COCCN(Cc1ccc(OC)c(O)c1)C(C)COC. The molecule has 0 heterocycles. The molecule has 5 nitrogen and oxygen atoms in total. The number of ether oxygens (including phenoxy) is 3. The number of methoxy groups -OCH3 is 3. The van der Waals surface area contributed by atoms with E-state index in [0.29, 0.717) is 19.0 Å². The maximum Gasteiger partial charge on any atom is 0.160 e. The van der Waals surface area contributed by atoms with Crippen LogP contribution in [0.4, 0.5) is 0 Å². The largest absolute Gasteiger partial charge is 0.504 e. The van der Waals surface area contributed by atoms with Gasteiger partial charge in [0.1, 0.15) is 0 Å². The third-order valence-electron chi connectivity index (χ3n) is 3.24. The van der Waals surface area contributed by atoms with Crippen LogP contribution in [0.2, 0.25) is 0 Å². The molecule has 1 rings (SSSR count). The van der Waals surface area contributed by atoms with E-state index in [9.17, 15) is 5.11 Å². The lowest BCUT2D eigenvalue weighted by Crippen LogP contribution is -2.38. The van der Waals surface area contributed by atoms with Gasteiger partial charge in [0, 0.05) is 33.4 Å². The second-order valence-electron chi connectivity index (χ2n) is 4.77. The minimum absolute atomic E-state index is 0.163. The van der Waals surface area contributed by atoms with Crippen LogP contribution in [0.1, 0.15) is 12.5 Å². The average molecular weight is 283 g/mol. The monoisotopic (exact) mass is 283 g/mol. The summed E-state index contributed by atoms with van der Waals surface area (Å²) in [5.74, 6) is 0.651. The molecule has 1 N–H and O–H groups in total. The molecular formula is C15H25NO4. The molecule has 0 aromatic heterocycles. The number of hydrogen-bond donors (Lipinski definition) is 1. The molecule has 0 aliphatic heterocycles. The highest BCUT2D eigenvalue weighted by atomic mass is 16.5. The molecule has 1 atom stereocenters. The van der Waals surface area contributed by atoms with Gasteiger partial charge in [0.25, 0.3) is 0 Å². The lowest BCUT2D eigenvalue weighted by Gasteiger charge is -2.28. The van der Waals surface area contributed by atoms with E-state index in [0.717, 1.165) is 18.7 Å². The zero-order valence-electron chi connectivity index (χ0n) is 12.8. The van der Waals surface area contributed by atoms with Crippen molar-refractivity contribution in [2.24, 2.45) is 0 Å². The van der Waals surface area contributed by atoms with Crippen LogP contribution >= 0.6 is 0 Å². The van der Waals surface area contributed by atoms with Gasteiger partial charge in [-0.25, -0.2) is 0 Å². The van der Waals surface area contributed by atoms with Gasteiger partial charge in [0.05, 0.1) is 20.3 Å². The smallest absolute Gasteiger partial charge is 0.160 e. The number of hydrogen-bond acceptors (Lipinski definition) is 5. The van der Waals surface area contributed by atoms with E-state index in [1.807, 2.05) is 6.07 Å². The van der Waals surface area contributed by atoms with Crippen molar-refractivity contribution in [3.63, 3.8) is 0 Å². The Hall–Kier alpha value is -1.30. The van der Waals surface area contributed by atoms with Crippen molar-refractivity contribution in [2.75, 3.05) is 41.1 Å². The molecule has 1 aromatic rings. The fourth-order valence-electron chi connectivity index (χ4n) is 2.08. The van der Waals surface area contributed by atoms with Crippen LogP contribution in [0, 0.1) is 0 Å². The van der Waals surface area contributed by atoms with Gasteiger partial charge in [0.15, 0.2) is 11.5 Å². The average Bonchev–Trinajstić information content (AvgIpc) is 2.43. The van der Waals surface area contributed by atoms with E-state index < -0.39 is 0 Å². The maximum absolute atomic E-state index is 9.83. The molecule has 0 aliphatic carbocycles. The summed E-state index contributed by atoms with van der Waals surface area (Å²) in [7, 11) is 4.93. The van der Waals surface area contributed by atoms with Crippen LogP contribution < -0.4 is 4.74 Å². The second kappa shape index (κ2) is 8.79. The molecule has 0 saturated carbocycles. The van der Waals surface area contributed by atoms with Crippen molar-refractivity contribution in [1.29, 1.82) is 0 Å². The summed E-state index contributed by atoms with van der Waals surface area (Å²) in [6.45, 7) is 4.98. The van der Waals surface area contributed by atoms with Crippen molar-refractivity contribution in [3.05, 3.63) is 23.8 Å². The first-order valence-corrected chi connectivity index (χ1v) is 6.70. The molecule has 0 spiro atoms. The van der Waals surface area contributed by atoms with Gasteiger partial charge in [-0.1, -0.05) is 6.07 Å². The van der Waals surface area contributed by atoms with Gasteiger partial charge in [-0.15, -0.1) is 0 Å². The second-order valence-corrected chi connectivity index (χ2v) is 4.77. The van der Waals surface area contributed by atoms with Crippen LogP contribution in [0.25, 0.3) is 0 Å². The van der Waals surface area contributed by atoms with Gasteiger partial charge >= 0.3 is 0 Å². The quantitative estimate of drug-likeness (QED) is 0.750. The molecule has 0 aliphatic rings. The Balaban J connectivity index is 2.74. The van der Waals surface area contributed by atoms with E-state index in [4.69, 9.17) is 14.2 Å². The molecule has 0 amide bonds. The Kier molecular flexibility index (Phi) is 7.36. The van der Waals surface area contributed by atoms with Crippen LogP contribution in [0.5, 0.6) is 11.5 Å². The molecule has 20 heavy (non-hydrogen) atoms. The Morgan fingerprint density at radius 1 is 1.20 bits per heavy atom.